The molecule has 0 saturated heterocycles. The zero-order valence-electron chi connectivity index (χ0n) is 17.6. The number of rotatable bonds is 5. The first-order chi connectivity index (χ1) is 15.3. The zero-order chi connectivity index (χ0) is 23.0. The third kappa shape index (κ3) is 3.83. The van der Waals surface area contributed by atoms with Crippen molar-refractivity contribution in [2.45, 2.75) is 20.4 Å². The lowest BCUT2D eigenvalue weighted by molar-refractivity contribution is -0.116. The molecule has 0 saturated carbocycles. The van der Waals surface area contributed by atoms with E-state index in [0.717, 1.165) is 15.7 Å². The molecule has 0 aliphatic rings. The van der Waals surface area contributed by atoms with Gasteiger partial charge in [-0.1, -0.05) is 23.7 Å². The van der Waals surface area contributed by atoms with E-state index < -0.39 is 17.2 Å². The van der Waals surface area contributed by atoms with Crippen LogP contribution in [0, 0.1) is 13.8 Å². The molecule has 4 aromatic rings. The Morgan fingerprint density at radius 3 is 2.66 bits per heavy atom. The van der Waals surface area contributed by atoms with Crippen LogP contribution in [0.3, 0.4) is 0 Å². The number of methoxy groups -OCH3 is 1. The van der Waals surface area contributed by atoms with E-state index in [-0.39, 0.29) is 6.54 Å². The molecule has 1 amide bonds. The van der Waals surface area contributed by atoms with Crippen molar-refractivity contribution in [1.82, 2.24) is 9.13 Å². The minimum Gasteiger partial charge on any atom is -0.495 e. The lowest BCUT2D eigenvalue weighted by atomic mass is 10.1. The highest BCUT2D eigenvalue weighted by molar-refractivity contribution is 7.17. The summed E-state index contributed by atoms with van der Waals surface area (Å²) in [5.74, 6) is 0.0634. The molecule has 0 atom stereocenters. The second kappa shape index (κ2) is 8.64. The molecule has 2 aromatic carbocycles. The van der Waals surface area contributed by atoms with E-state index in [0.29, 0.717) is 32.4 Å². The Hall–Kier alpha value is -3.36. The third-order valence-electron chi connectivity index (χ3n) is 5.31. The fourth-order valence-electron chi connectivity index (χ4n) is 3.52. The highest BCUT2D eigenvalue weighted by Crippen LogP contribution is 2.27. The Balaban J connectivity index is 1.78. The van der Waals surface area contributed by atoms with Crippen molar-refractivity contribution in [2.75, 3.05) is 12.4 Å². The van der Waals surface area contributed by atoms with Gasteiger partial charge in [0.2, 0.25) is 5.91 Å². The molecule has 0 unspecified atom stereocenters. The molecule has 2 heterocycles. The van der Waals surface area contributed by atoms with Crippen LogP contribution in [-0.2, 0) is 11.3 Å². The number of hydrogen-bond acceptors (Lipinski definition) is 5. The van der Waals surface area contributed by atoms with Gasteiger partial charge in [0, 0.05) is 5.69 Å². The van der Waals surface area contributed by atoms with Crippen LogP contribution >= 0.6 is 22.9 Å². The standard InChI is InChI=1S/C23H20ClN3O4S/c1-13-5-4-6-17(14(13)2)27-22(29)21-18(9-10-32-21)26(23(27)30)12-20(28)25-15-7-8-19(31-3)16(24)11-15/h4-11H,12H2,1-3H3,(H,25,28). The van der Waals surface area contributed by atoms with Gasteiger partial charge in [0.25, 0.3) is 5.56 Å². The van der Waals surface area contributed by atoms with Gasteiger partial charge < -0.3 is 10.1 Å². The van der Waals surface area contributed by atoms with Gasteiger partial charge in [0.15, 0.2) is 0 Å². The Bertz CT molecular complexity index is 1470. The first kappa shape index (κ1) is 21.9. The summed E-state index contributed by atoms with van der Waals surface area (Å²) in [7, 11) is 1.50. The smallest absolute Gasteiger partial charge is 0.336 e. The van der Waals surface area contributed by atoms with Crippen LogP contribution < -0.4 is 21.3 Å². The number of aromatic nitrogens is 2. The van der Waals surface area contributed by atoms with Crippen LogP contribution in [0.1, 0.15) is 11.1 Å². The summed E-state index contributed by atoms with van der Waals surface area (Å²) in [6, 6.07) is 12.0. The van der Waals surface area contributed by atoms with Gasteiger partial charge in [0.1, 0.15) is 17.0 Å². The summed E-state index contributed by atoms with van der Waals surface area (Å²) in [5, 5.41) is 4.82. The van der Waals surface area contributed by atoms with Crippen molar-refractivity contribution in [3.63, 3.8) is 0 Å². The molecule has 7 nitrogen and oxygen atoms in total. The number of thiophene rings is 1. The lowest BCUT2D eigenvalue weighted by Gasteiger charge is -2.15. The molecule has 0 aliphatic heterocycles. The maximum Gasteiger partial charge on any atom is 0.336 e. The summed E-state index contributed by atoms with van der Waals surface area (Å²) in [6.45, 7) is 3.51. The van der Waals surface area contributed by atoms with Crippen LogP contribution in [0.15, 0.2) is 57.4 Å². The van der Waals surface area contributed by atoms with Crippen LogP contribution in [0.25, 0.3) is 15.9 Å². The number of carbonyl (C=O) groups excluding carboxylic acids is 1. The molecule has 4 rings (SSSR count). The molecule has 0 bridgehead atoms. The average Bonchev–Trinajstić information content (AvgIpc) is 3.24. The third-order valence-corrected chi connectivity index (χ3v) is 6.50. The van der Waals surface area contributed by atoms with Crippen molar-refractivity contribution in [1.29, 1.82) is 0 Å². The van der Waals surface area contributed by atoms with Gasteiger partial charge in [-0.05, 0) is 60.7 Å². The van der Waals surface area contributed by atoms with Gasteiger partial charge in [-0.3, -0.25) is 14.2 Å². The van der Waals surface area contributed by atoms with Crippen molar-refractivity contribution < 1.29 is 9.53 Å². The fourth-order valence-corrected chi connectivity index (χ4v) is 4.60. The number of hydrogen-bond donors (Lipinski definition) is 1. The molecule has 9 heteroatoms. The van der Waals surface area contributed by atoms with E-state index in [9.17, 15) is 14.4 Å². The summed E-state index contributed by atoms with van der Waals surface area (Å²) in [5.41, 5.74) is 2.22. The maximum atomic E-state index is 13.4. The first-order valence-electron chi connectivity index (χ1n) is 9.75. The number of benzene rings is 2. The Morgan fingerprint density at radius 2 is 1.94 bits per heavy atom. The molecule has 2 aromatic heterocycles. The van der Waals surface area contributed by atoms with Gasteiger partial charge in [-0.15, -0.1) is 11.3 Å². The van der Waals surface area contributed by atoms with Crippen molar-refractivity contribution in [2.24, 2.45) is 0 Å². The zero-order valence-corrected chi connectivity index (χ0v) is 19.2. The number of halogens is 1. The number of ether oxygens (including phenoxy) is 1. The van der Waals surface area contributed by atoms with Crippen LogP contribution in [0.2, 0.25) is 5.02 Å². The Labute approximate surface area is 192 Å². The van der Waals surface area contributed by atoms with E-state index in [1.165, 1.54) is 23.0 Å². The molecule has 164 valence electrons. The number of nitrogens with zero attached hydrogens (tertiary/aromatic N) is 2. The molecule has 0 fully saturated rings. The highest BCUT2D eigenvalue weighted by atomic mass is 35.5. The quantitative estimate of drug-likeness (QED) is 0.476. The Kier molecular flexibility index (Phi) is 5.90. The molecular weight excluding hydrogens is 450 g/mol. The normalized spacial score (nSPS) is 11.0. The second-order valence-electron chi connectivity index (χ2n) is 7.26. The monoisotopic (exact) mass is 469 g/mol. The molecular formula is C23H20ClN3O4S. The second-order valence-corrected chi connectivity index (χ2v) is 8.58. The topological polar surface area (TPSA) is 82.3 Å². The molecule has 1 N–H and O–H groups in total. The van der Waals surface area contributed by atoms with E-state index in [1.807, 2.05) is 19.9 Å². The molecule has 32 heavy (non-hydrogen) atoms. The average molecular weight is 470 g/mol. The first-order valence-corrected chi connectivity index (χ1v) is 11.0. The highest BCUT2D eigenvalue weighted by Gasteiger charge is 2.19. The van der Waals surface area contributed by atoms with E-state index >= 15 is 0 Å². The van der Waals surface area contributed by atoms with Gasteiger partial charge in [-0.25, -0.2) is 9.36 Å². The summed E-state index contributed by atoms with van der Waals surface area (Å²) >= 11 is 7.36. The maximum absolute atomic E-state index is 13.4. The molecule has 0 aliphatic carbocycles. The predicted octanol–water partition coefficient (Wildman–Crippen LogP) is 4.13. The van der Waals surface area contributed by atoms with Crippen LogP contribution in [-0.4, -0.2) is 22.2 Å². The number of carbonyl (C=O) groups is 1. The molecule has 0 spiro atoms. The number of amides is 1. The summed E-state index contributed by atoms with van der Waals surface area (Å²) < 4.78 is 7.98. The minimum absolute atomic E-state index is 0.263. The fraction of sp³-hybridized carbons (Fsp3) is 0.174. The lowest BCUT2D eigenvalue weighted by Crippen LogP contribution is -2.40. The number of aryl methyl sites for hydroxylation is 1. The van der Waals surface area contributed by atoms with Gasteiger partial charge in [-0.2, -0.15) is 0 Å². The summed E-state index contributed by atoms with van der Waals surface area (Å²) in [4.78, 5) is 39.3. The summed E-state index contributed by atoms with van der Waals surface area (Å²) in [6.07, 6.45) is 0. The van der Waals surface area contributed by atoms with Crippen molar-refractivity contribution in [3.05, 3.63) is 84.8 Å². The van der Waals surface area contributed by atoms with Crippen molar-refractivity contribution in [3.8, 4) is 11.4 Å². The van der Waals surface area contributed by atoms with E-state index in [4.69, 9.17) is 16.3 Å². The van der Waals surface area contributed by atoms with E-state index in [1.54, 1.807) is 41.8 Å². The number of nitrogens with one attached hydrogen (secondary N) is 1. The Morgan fingerprint density at radius 1 is 1.16 bits per heavy atom. The van der Waals surface area contributed by atoms with Gasteiger partial charge in [0.05, 0.1) is 23.3 Å². The van der Waals surface area contributed by atoms with Gasteiger partial charge >= 0.3 is 5.69 Å². The van der Waals surface area contributed by atoms with E-state index in [2.05, 4.69) is 5.32 Å². The van der Waals surface area contributed by atoms with Crippen LogP contribution in [0.5, 0.6) is 5.75 Å². The number of anilines is 1. The largest absolute Gasteiger partial charge is 0.495 e. The predicted molar refractivity (Wildman–Crippen MR) is 128 cm³/mol. The van der Waals surface area contributed by atoms with Crippen LogP contribution in [0.4, 0.5) is 5.69 Å². The minimum atomic E-state index is -0.572. The SMILES string of the molecule is COc1ccc(NC(=O)Cn2c(=O)n(-c3cccc(C)c3C)c(=O)c3sccc32)cc1Cl. The van der Waals surface area contributed by atoms with Crippen molar-refractivity contribution >= 4 is 44.7 Å². The number of fused-ring (bicyclic) bond motifs is 1. The molecule has 0 radical (unpaired) electrons.